The van der Waals surface area contributed by atoms with E-state index in [2.05, 4.69) is 4.74 Å². The second kappa shape index (κ2) is 8.55. The van der Waals surface area contributed by atoms with Crippen LogP contribution >= 0.6 is 0 Å². The monoisotopic (exact) mass is 285 g/mol. The van der Waals surface area contributed by atoms with E-state index in [1.54, 1.807) is 4.90 Å². The second-order valence-electron chi connectivity index (χ2n) is 5.12. The first-order valence-electron chi connectivity index (χ1n) is 7.12. The molecule has 1 amide bonds. The number of amides is 1. The van der Waals surface area contributed by atoms with E-state index in [1.807, 2.05) is 0 Å². The van der Waals surface area contributed by atoms with Crippen molar-refractivity contribution in [1.29, 1.82) is 0 Å². The Morgan fingerprint density at radius 2 is 1.90 bits per heavy atom. The predicted octanol–water partition coefficient (Wildman–Crippen LogP) is 1.58. The van der Waals surface area contributed by atoms with E-state index in [4.69, 9.17) is 5.11 Å². The van der Waals surface area contributed by atoms with Crippen LogP contribution in [0.2, 0.25) is 0 Å². The molecule has 1 aliphatic rings. The smallest absolute Gasteiger partial charge is 0.307 e. The number of piperidine rings is 1. The van der Waals surface area contributed by atoms with Crippen LogP contribution < -0.4 is 0 Å². The Morgan fingerprint density at radius 3 is 2.55 bits per heavy atom. The van der Waals surface area contributed by atoms with E-state index in [0.717, 1.165) is 19.3 Å². The van der Waals surface area contributed by atoms with Crippen LogP contribution in [0.3, 0.4) is 0 Å². The van der Waals surface area contributed by atoms with Crippen molar-refractivity contribution in [3.63, 3.8) is 0 Å². The van der Waals surface area contributed by atoms with Crippen molar-refractivity contribution in [2.24, 2.45) is 0 Å². The zero-order chi connectivity index (χ0) is 15.0. The van der Waals surface area contributed by atoms with Gasteiger partial charge in [0.15, 0.2) is 0 Å². The molecule has 0 aromatic carbocycles. The van der Waals surface area contributed by atoms with Crippen molar-refractivity contribution in [3.8, 4) is 0 Å². The van der Waals surface area contributed by atoms with Gasteiger partial charge in [0.2, 0.25) is 5.91 Å². The van der Waals surface area contributed by atoms with Crippen LogP contribution in [0, 0.1) is 0 Å². The van der Waals surface area contributed by atoms with Gasteiger partial charge in [-0.3, -0.25) is 14.4 Å². The number of ether oxygens (including phenoxy) is 1. The number of likely N-dealkylation sites (tertiary alicyclic amines) is 1. The van der Waals surface area contributed by atoms with Crippen LogP contribution in [0.15, 0.2) is 0 Å². The van der Waals surface area contributed by atoms with Crippen LogP contribution in [-0.2, 0) is 19.1 Å². The van der Waals surface area contributed by atoms with E-state index in [0.29, 0.717) is 25.8 Å². The summed E-state index contributed by atoms with van der Waals surface area (Å²) in [5, 5.41) is 8.55. The Labute approximate surface area is 119 Å². The van der Waals surface area contributed by atoms with Crippen molar-refractivity contribution in [2.75, 3.05) is 13.7 Å². The Bertz CT molecular complexity index is 355. The van der Waals surface area contributed by atoms with Gasteiger partial charge >= 0.3 is 11.9 Å². The molecule has 0 radical (unpaired) electrons. The molecule has 1 fully saturated rings. The van der Waals surface area contributed by atoms with Gasteiger partial charge in [-0.25, -0.2) is 0 Å². The van der Waals surface area contributed by atoms with Gasteiger partial charge in [0.05, 0.1) is 13.5 Å². The number of hydrogen-bond donors (Lipinski definition) is 1. The van der Waals surface area contributed by atoms with Crippen LogP contribution in [-0.4, -0.2) is 47.5 Å². The summed E-state index contributed by atoms with van der Waals surface area (Å²) in [5.41, 5.74) is 0. The third-order valence-electron chi connectivity index (χ3n) is 3.61. The summed E-state index contributed by atoms with van der Waals surface area (Å²) < 4.78 is 4.66. The van der Waals surface area contributed by atoms with Gasteiger partial charge in [0, 0.05) is 25.4 Å². The molecular formula is C14H23NO5. The van der Waals surface area contributed by atoms with E-state index >= 15 is 0 Å². The molecule has 20 heavy (non-hydrogen) atoms. The third kappa shape index (κ3) is 5.59. The molecule has 1 N–H and O–H groups in total. The molecule has 0 aromatic rings. The maximum atomic E-state index is 12.1. The zero-order valence-corrected chi connectivity index (χ0v) is 12.0. The molecule has 0 aliphatic carbocycles. The number of carboxylic acids is 1. The highest BCUT2D eigenvalue weighted by Gasteiger charge is 2.28. The zero-order valence-electron chi connectivity index (χ0n) is 12.0. The first-order chi connectivity index (χ1) is 9.54. The summed E-state index contributed by atoms with van der Waals surface area (Å²) in [6.45, 7) is 0.680. The molecule has 6 nitrogen and oxygen atoms in total. The van der Waals surface area contributed by atoms with E-state index in [1.165, 1.54) is 7.11 Å². The third-order valence-corrected chi connectivity index (χ3v) is 3.61. The van der Waals surface area contributed by atoms with Gasteiger partial charge in [0.25, 0.3) is 0 Å². The number of aliphatic carboxylic acids is 1. The van der Waals surface area contributed by atoms with Crippen molar-refractivity contribution >= 4 is 17.8 Å². The summed E-state index contributed by atoms with van der Waals surface area (Å²) >= 11 is 0. The predicted molar refractivity (Wildman–Crippen MR) is 72.1 cm³/mol. The fourth-order valence-corrected chi connectivity index (χ4v) is 2.51. The average Bonchev–Trinajstić information content (AvgIpc) is 2.43. The molecule has 1 rings (SSSR count). The lowest BCUT2D eigenvalue weighted by atomic mass is 9.98. The normalized spacial score (nSPS) is 18.6. The van der Waals surface area contributed by atoms with Crippen LogP contribution in [0.1, 0.15) is 51.4 Å². The van der Waals surface area contributed by atoms with Gasteiger partial charge in [-0.1, -0.05) is 0 Å². The van der Waals surface area contributed by atoms with Gasteiger partial charge in [-0.2, -0.15) is 0 Å². The van der Waals surface area contributed by atoms with Crippen molar-refractivity contribution < 1.29 is 24.2 Å². The molecule has 0 spiro atoms. The molecule has 114 valence electrons. The number of esters is 1. The number of unbranched alkanes of at least 4 members (excludes halogenated alkanes) is 1. The van der Waals surface area contributed by atoms with E-state index in [9.17, 15) is 14.4 Å². The highest BCUT2D eigenvalue weighted by molar-refractivity contribution is 5.78. The molecule has 6 heteroatoms. The lowest BCUT2D eigenvalue weighted by Crippen LogP contribution is -2.44. The Morgan fingerprint density at radius 1 is 1.20 bits per heavy atom. The summed E-state index contributed by atoms with van der Waals surface area (Å²) in [4.78, 5) is 35.7. The molecule has 0 bridgehead atoms. The molecule has 1 saturated heterocycles. The minimum absolute atomic E-state index is 0.0176. The average molecular weight is 285 g/mol. The summed E-state index contributed by atoms with van der Waals surface area (Å²) in [7, 11) is 1.35. The van der Waals surface area contributed by atoms with Crippen molar-refractivity contribution in [2.45, 2.75) is 57.4 Å². The van der Waals surface area contributed by atoms with Gasteiger partial charge in [-0.05, 0) is 32.1 Å². The van der Waals surface area contributed by atoms with Crippen molar-refractivity contribution in [1.82, 2.24) is 4.90 Å². The number of rotatable bonds is 7. The first-order valence-corrected chi connectivity index (χ1v) is 7.12. The maximum absolute atomic E-state index is 12.1. The largest absolute Gasteiger partial charge is 0.481 e. The highest BCUT2D eigenvalue weighted by Crippen LogP contribution is 2.21. The molecular weight excluding hydrogens is 262 g/mol. The minimum atomic E-state index is -0.834. The maximum Gasteiger partial charge on any atom is 0.307 e. The lowest BCUT2D eigenvalue weighted by molar-refractivity contribution is -0.145. The highest BCUT2D eigenvalue weighted by atomic mass is 16.5. The quantitative estimate of drug-likeness (QED) is 0.567. The van der Waals surface area contributed by atoms with Gasteiger partial charge in [-0.15, -0.1) is 0 Å². The fraction of sp³-hybridized carbons (Fsp3) is 0.786. The molecule has 0 saturated carbocycles. The van der Waals surface area contributed by atoms with Gasteiger partial charge < -0.3 is 14.7 Å². The number of nitrogens with zero attached hydrogens (tertiary/aromatic N) is 1. The number of carbonyl (C=O) groups excluding carboxylic acids is 2. The van der Waals surface area contributed by atoms with Crippen LogP contribution in [0.25, 0.3) is 0 Å². The van der Waals surface area contributed by atoms with Gasteiger partial charge in [0.1, 0.15) is 0 Å². The molecule has 1 aliphatic heterocycles. The number of carbonyl (C=O) groups is 3. The number of carboxylic acid groups (broad SMARTS) is 1. The lowest BCUT2D eigenvalue weighted by Gasteiger charge is -2.35. The molecule has 1 atom stereocenters. The number of methoxy groups -OCH3 is 1. The standard InChI is InChI=1S/C14H23NO5/c1-20-14(19)10-11-6-4-5-9-15(11)12(16)7-2-3-8-13(17)18/h11H,2-10H2,1H3,(H,17,18). The van der Waals surface area contributed by atoms with E-state index in [-0.39, 0.29) is 30.8 Å². The summed E-state index contributed by atoms with van der Waals surface area (Å²) in [6.07, 6.45) is 4.59. The minimum Gasteiger partial charge on any atom is -0.481 e. The molecule has 1 heterocycles. The molecule has 0 aromatic heterocycles. The van der Waals surface area contributed by atoms with E-state index < -0.39 is 5.97 Å². The summed E-state index contributed by atoms with van der Waals surface area (Å²) in [5.74, 6) is -1.11. The topological polar surface area (TPSA) is 83.9 Å². The SMILES string of the molecule is COC(=O)CC1CCCCN1C(=O)CCCCC(=O)O. The van der Waals surface area contributed by atoms with Crippen LogP contribution in [0.4, 0.5) is 0 Å². The Balaban J connectivity index is 2.41. The van der Waals surface area contributed by atoms with Crippen molar-refractivity contribution in [3.05, 3.63) is 0 Å². The Hall–Kier alpha value is -1.59. The second-order valence-corrected chi connectivity index (χ2v) is 5.12. The first kappa shape index (κ1) is 16.5. The van der Waals surface area contributed by atoms with Crippen LogP contribution in [0.5, 0.6) is 0 Å². The number of hydrogen-bond acceptors (Lipinski definition) is 4. The molecule has 1 unspecified atom stereocenters. The summed E-state index contributed by atoms with van der Waals surface area (Å²) in [6, 6.07) is -0.0665. The fourth-order valence-electron chi connectivity index (χ4n) is 2.51. The Kier molecular flexibility index (Phi) is 7.04.